The Labute approximate surface area is 141 Å². The Hall–Kier alpha value is -1.69. The van der Waals surface area contributed by atoms with Gasteiger partial charge in [-0.05, 0) is 18.4 Å². The lowest BCUT2D eigenvalue weighted by Crippen LogP contribution is -2.36. The molecule has 3 N–H and O–H groups in total. The summed E-state index contributed by atoms with van der Waals surface area (Å²) in [5.74, 6) is 1.10. The van der Waals surface area contributed by atoms with Crippen LogP contribution in [0.1, 0.15) is 31.2 Å². The van der Waals surface area contributed by atoms with Crippen LogP contribution < -0.4 is 16.0 Å². The quantitative estimate of drug-likeness (QED) is 0.528. The Bertz CT molecular complexity index is 552. The van der Waals surface area contributed by atoms with E-state index in [9.17, 15) is 9.59 Å². The van der Waals surface area contributed by atoms with Crippen molar-refractivity contribution in [1.82, 2.24) is 16.0 Å². The molecule has 1 aromatic carbocycles. The zero-order chi connectivity index (χ0) is 16.1. The molecule has 0 radical (unpaired) electrons. The molecule has 3 amide bonds. The number of fused-ring (bicyclic) bond motifs is 1. The first-order valence-corrected chi connectivity index (χ1v) is 9.26. The summed E-state index contributed by atoms with van der Waals surface area (Å²) in [6.07, 6.45) is 3.55. The third kappa shape index (κ3) is 4.41. The first-order chi connectivity index (χ1) is 11.2. The molecule has 3 unspecified atom stereocenters. The normalized spacial score (nSPS) is 25.6. The highest BCUT2D eigenvalue weighted by Crippen LogP contribution is 2.33. The average molecular weight is 333 g/mol. The number of carbonyl (C=O) groups excluding carboxylic acids is 2. The lowest BCUT2D eigenvalue weighted by atomic mass is 10.0. The first kappa shape index (κ1) is 16.2. The van der Waals surface area contributed by atoms with Gasteiger partial charge in [0, 0.05) is 24.0 Å². The van der Waals surface area contributed by atoms with Crippen LogP contribution in [0.15, 0.2) is 30.3 Å². The predicted octanol–water partition coefficient (Wildman–Crippen LogP) is 2.03. The molecule has 124 valence electrons. The highest BCUT2D eigenvalue weighted by atomic mass is 32.2. The van der Waals surface area contributed by atoms with Crippen molar-refractivity contribution in [2.75, 3.05) is 5.75 Å². The maximum absolute atomic E-state index is 11.9. The van der Waals surface area contributed by atoms with Crippen molar-refractivity contribution >= 4 is 23.7 Å². The zero-order valence-corrected chi connectivity index (χ0v) is 13.9. The fraction of sp³-hybridized carbons (Fsp3) is 0.529. The van der Waals surface area contributed by atoms with E-state index in [0.29, 0.717) is 18.2 Å². The lowest BCUT2D eigenvalue weighted by molar-refractivity contribution is -0.121. The zero-order valence-electron chi connectivity index (χ0n) is 13.1. The van der Waals surface area contributed by atoms with Gasteiger partial charge in [0.25, 0.3) is 0 Å². The lowest BCUT2D eigenvalue weighted by Gasteiger charge is -2.16. The van der Waals surface area contributed by atoms with Crippen molar-refractivity contribution in [3.8, 4) is 0 Å². The monoisotopic (exact) mass is 333 g/mol. The van der Waals surface area contributed by atoms with E-state index in [1.54, 1.807) is 0 Å². The molecule has 2 aliphatic heterocycles. The Morgan fingerprint density at radius 1 is 1.22 bits per heavy atom. The molecule has 0 spiro atoms. The Balaban J connectivity index is 1.29. The molecule has 2 aliphatic rings. The maximum atomic E-state index is 11.9. The van der Waals surface area contributed by atoms with Crippen molar-refractivity contribution < 1.29 is 9.59 Å². The number of rotatable bonds is 7. The van der Waals surface area contributed by atoms with Crippen LogP contribution >= 0.6 is 11.8 Å². The second kappa shape index (κ2) is 7.73. The van der Waals surface area contributed by atoms with E-state index in [-0.39, 0.29) is 24.0 Å². The second-order valence-electron chi connectivity index (χ2n) is 6.13. The van der Waals surface area contributed by atoms with E-state index < -0.39 is 0 Å². The third-order valence-corrected chi connectivity index (χ3v) is 5.92. The minimum atomic E-state index is -0.0365. The smallest absolute Gasteiger partial charge is 0.315 e. The summed E-state index contributed by atoms with van der Waals surface area (Å²) >= 11 is 1.93. The summed E-state index contributed by atoms with van der Waals surface area (Å²) in [7, 11) is 0. The number of benzene rings is 1. The van der Waals surface area contributed by atoms with Crippen LogP contribution in [0, 0.1) is 0 Å². The van der Waals surface area contributed by atoms with Gasteiger partial charge in [-0.3, -0.25) is 4.79 Å². The molecule has 2 saturated heterocycles. The summed E-state index contributed by atoms with van der Waals surface area (Å²) in [6, 6.07) is 10.5. The molecule has 3 rings (SSSR count). The minimum absolute atomic E-state index is 0.0365. The van der Waals surface area contributed by atoms with Crippen molar-refractivity contribution in [1.29, 1.82) is 0 Å². The van der Waals surface area contributed by atoms with Gasteiger partial charge in [-0.25, -0.2) is 4.79 Å². The van der Waals surface area contributed by atoms with E-state index in [1.165, 1.54) is 0 Å². The molecular formula is C17H23N3O2S. The number of hydrogen-bond acceptors (Lipinski definition) is 3. The SMILES string of the molecule is O=C(CCCCC1SCC2NC(=O)NC21)NCc1ccccc1. The summed E-state index contributed by atoms with van der Waals surface area (Å²) < 4.78 is 0. The van der Waals surface area contributed by atoms with Gasteiger partial charge in [0.2, 0.25) is 5.91 Å². The number of urea groups is 1. The van der Waals surface area contributed by atoms with Gasteiger partial charge in [0.1, 0.15) is 0 Å². The van der Waals surface area contributed by atoms with Crippen LogP contribution in [0.4, 0.5) is 4.79 Å². The van der Waals surface area contributed by atoms with Crippen molar-refractivity contribution in [3.63, 3.8) is 0 Å². The molecule has 23 heavy (non-hydrogen) atoms. The highest BCUT2D eigenvalue weighted by Gasteiger charge is 2.42. The molecule has 0 aliphatic carbocycles. The number of unbranched alkanes of at least 4 members (excludes halogenated alkanes) is 1. The Kier molecular flexibility index (Phi) is 5.43. The molecule has 6 heteroatoms. The van der Waals surface area contributed by atoms with Crippen LogP contribution in [0.5, 0.6) is 0 Å². The fourth-order valence-corrected chi connectivity index (χ4v) is 4.70. The average Bonchev–Trinajstić information content (AvgIpc) is 3.10. The standard InChI is InChI=1S/C17H23N3O2S/c21-15(18-10-12-6-2-1-3-7-12)9-5-4-8-14-16-13(11-23-14)19-17(22)20-16/h1-3,6-7,13-14,16H,4-5,8-11H2,(H,18,21)(H2,19,20,22). The fourth-order valence-electron chi connectivity index (χ4n) is 3.16. The van der Waals surface area contributed by atoms with Gasteiger partial charge in [-0.2, -0.15) is 11.8 Å². The van der Waals surface area contributed by atoms with Crippen LogP contribution in [-0.2, 0) is 11.3 Å². The van der Waals surface area contributed by atoms with E-state index >= 15 is 0 Å². The molecular weight excluding hydrogens is 310 g/mol. The van der Waals surface area contributed by atoms with Crippen molar-refractivity contribution in [2.24, 2.45) is 0 Å². The summed E-state index contributed by atoms with van der Waals surface area (Å²) in [5.41, 5.74) is 1.12. The number of hydrogen-bond donors (Lipinski definition) is 3. The van der Waals surface area contributed by atoms with Crippen LogP contribution in [0.25, 0.3) is 0 Å². The molecule has 2 fully saturated rings. The van der Waals surface area contributed by atoms with Crippen molar-refractivity contribution in [3.05, 3.63) is 35.9 Å². The van der Waals surface area contributed by atoms with E-state index in [0.717, 1.165) is 30.6 Å². The molecule has 0 bridgehead atoms. The van der Waals surface area contributed by atoms with Gasteiger partial charge in [-0.1, -0.05) is 36.8 Å². The number of thioether (sulfide) groups is 1. The number of carbonyl (C=O) groups is 2. The number of amides is 3. The summed E-state index contributed by atoms with van der Waals surface area (Å²) in [4.78, 5) is 23.2. The molecule has 2 heterocycles. The molecule has 1 aromatic rings. The Morgan fingerprint density at radius 3 is 2.87 bits per heavy atom. The summed E-state index contributed by atoms with van der Waals surface area (Å²) in [6.45, 7) is 0.597. The second-order valence-corrected chi connectivity index (χ2v) is 7.40. The van der Waals surface area contributed by atoms with Gasteiger partial charge in [-0.15, -0.1) is 0 Å². The van der Waals surface area contributed by atoms with Gasteiger partial charge >= 0.3 is 6.03 Å². The van der Waals surface area contributed by atoms with Gasteiger partial charge in [0.15, 0.2) is 0 Å². The summed E-state index contributed by atoms with van der Waals surface area (Å²) in [5, 5.41) is 9.39. The molecule has 5 nitrogen and oxygen atoms in total. The molecule has 0 saturated carbocycles. The van der Waals surface area contributed by atoms with Gasteiger partial charge in [0.05, 0.1) is 12.1 Å². The van der Waals surface area contributed by atoms with E-state index in [4.69, 9.17) is 0 Å². The minimum Gasteiger partial charge on any atom is -0.352 e. The largest absolute Gasteiger partial charge is 0.352 e. The Morgan fingerprint density at radius 2 is 2.04 bits per heavy atom. The third-order valence-electron chi connectivity index (χ3n) is 4.41. The topological polar surface area (TPSA) is 70.2 Å². The van der Waals surface area contributed by atoms with Crippen molar-refractivity contribution in [2.45, 2.75) is 49.6 Å². The first-order valence-electron chi connectivity index (χ1n) is 8.21. The van der Waals surface area contributed by atoms with E-state index in [1.807, 2.05) is 42.1 Å². The highest BCUT2D eigenvalue weighted by molar-refractivity contribution is 8.00. The van der Waals surface area contributed by atoms with E-state index in [2.05, 4.69) is 16.0 Å². The van der Waals surface area contributed by atoms with Crippen LogP contribution in [0.3, 0.4) is 0 Å². The van der Waals surface area contributed by atoms with Crippen LogP contribution in [0.2, 0.25) is 0 Å². The van der Waals surface area contributed by atoms with Crippen LogP contribution in [-0.4, -0.2) is 35.0 Å². The van der Waals surface area contributed by atoms with Gasteiger partial charge < -0.3 is 16.0 Å². The maximum Gasteiger partial charge on any atom is 0.315 e. The molecule has 0 aromatic heterocycles. The predicted molar refractivity (Wildman–Crippen MR) is 92.2 cm³/mol. The molecule has 3 atom stereocenters. The number of nitrogens with one attached hydrogen (secondary N) is 3.